The van der Waals surface area contributed by atoms with Gasteiger partial charge in [-0.25, -0.2) is 0 Å². The maximum absolute atomic E-state index is 11.3. The third-order valence-electron chi connectivity index (χ3n) is 2.20. The van der Waals surface area contributed by atoms with E-state index in [1.54, 1.807) is 25.4 Å². The van der Waals surface area contributed by atoms with Gasteiger partial charge in [-0.3, -0.25) is 4.79 Å². The minimum atomic E-state index is -0.261. The van der Waals surface area contributed by atoms with Crippen molar-refractivity contribution in [3.63, 3.8) is 0 Å². The molecule has 2 heterocycles. The van der Waals surface area contributed by atoms with Gasteiger partial charge in [0.1, 0.15) is 5.82 Å². The van der Waals surface area contributed by atoms with Gasteiger partial charge in [-0.05, 0) is 24.3 Å². The van der Waals surface area contributed by atoms with Gasteiger partial charge in [0.05, 0.1) is 12.2 Å². The van der Waals surface area contributed by atoms with E-state index in [4.69, 9.17) is 0 Å². The molecule has 0 atom stereocenters. The van der Waals surface area contributed by atoms with Crippen LogP contribution < -0.4 is 10.6 Å². The van der Waals surface area contributed by atoms with Gasteiger partial charge in [0, 0.05) is 13.2 Å². The molecule has 2 rings (SSSR count). The van der Waals surface area contributed by atoms with Crippen LogP contribution in [0, 0.1) is 0 Å². The second-order valence-corrected chi connectivity index (χ2v) is 3.45. The number of nitrogens with one attached hydrogen (secondary N) is 2. The van der Waals surface area contributed by atoms with Crippen LogP contribution in [0.2, 0.25) is 0 Å². The van der Waals surface area contributed by atoms with E-state index in [0.717, 1.165) is 5.69 Å². The average Bonchev–Trinajstić information content (AvgIpc) is 2.46. The van der Waals surface area contributed by atoms with E-state index in [1.165, 1.54) is 0 Å². The Morgan fingerprint density at radius 3 is 2.72 bits per heavy atom. The Morgan fingerprint density at radius 2 is 2.11 bits per heavy atom. The van der Waals surface area contributed by atoms with Crippen LogP contribution in [0.5, 0.6) is 0 Å². The molecule has 0 saturated carbocycles. The molecule has 18 heavy (non-hydrogen) atoms. The van der Waals surface area contributed by atoms with E-state index in [1.807, 2.05) is 12.1 Å². The third kappa shape index (κ3) is 2.97. The number of amides is 1. The fraction of sp³-hybridized carbons (Fsp3) is 0.182. The molecule has 0 radical (unpaired) electrons. The summed E-state index contributed by atoms with van der Waals surface area (Å²) in [4.78, 5) is 11.3. The number of rotatable bonds is 4. The van der Waals surface area contributed by atoms with Crippen LogP contribution in [-0.2, 0) is 6.54 Å². The van der Waals surface area contributed by atoms with E-state index < -0.39 is 0 Å². The van der Waals surface area contributed by atoms with Crippen molar-refractivity contribution in [2.75, 3.05) is 12.4 Å². The van der Waals surface area contributed by atoms with Gasteiger partial charge in [-0.15, -0.1) is 10.2 Å². The molecule has 2 aromatic heterocycles. The Bertz CT molecular complexity index is 513. The van der Waals surface area contributed by atoms with Crippen LogP contribution in [-0.4, -0.2) is 33.3 Å². The van der Waals surface area contributed by atoms with E-state index in [-0.39, 0.29) is 11.6 Å². The topological polar surface area (TPSA) is 92.7 Å². The number of carbonyl (C=O) groups excluding carboxylic acids is 1. The molecule has 1 amide bonds. The van der Waals surface area contributed by atoms with Gasteiger partial charge in [0.25, 0.3) is 5.91 Å². The van der Waals surface area contributed by atoms with Crippen LogP contribution >= 0.6 is 0 Å². The molecule has 2 N–H and O–H groups in total. The molecule has 0 fully saturated rings. The van der Waals surface area contributed by atoms with Gasteiger partial charge in [-0.2, -0.15) is 10.2 Å². The quantitative estimate of drug-likeness (QED) is 0.800. The molecule has 0 spiro atoms. The second-order valence-electron chi connectivity index (χ2n) is 3.45. The third-order valence-corrected chi connectivity index (χ3v) is 2.20. The van der Waals surface area contributed by atoms with Crippen LogP contribution in [0.25, 0.3) is 0 Å². The first-order chi connectivity index (χ1) is 8.79. The molecule has 0 aliphatic rings. The van der Waals surface area contributed by atoms with Crippen molar-refractivity contribution in [1.29, 1.82) is 0 Å². The van der Waals surface area contributed by atoms with Crippen LogP contribution in [0.1, 0.15) is 16.2 Å². The Kier molecular flexibility index (Phi) is 3.75. The predicted molar refractivity (Wildman–Crippen MR) is 64.8 cm³/mol. The van der Waals surface area contributed by atoms with E-state index in [0.29, 0.717) is 12.4 Å². The zero-order chi connectivity index (χ0) is 12.8. The first-order valence-corrected chi connectivity index (χ1v) is 5.36. The van der Waals surface area contributed by atoms with Gasteiger partial charge in [0.2, 0.25) is 0 Å². The first-order valence-electron chi connectivity index (χ1n) is 5.36. The van der Waals surface area contributed by atoms with Crippen LogP contribution in [0.15, 0.2) is 30.5 Å². The SMILES string of the molecule is CNC(=O)c1ccc(NCc2cccnn2)nn1. The number of hydrogen-bond donors (Lipinski definition) is 2. The summed E-state index contributed by atoms with van der Waals surface area (Å²) in [6.45, 7) is 0.502. The normalized spacial score (nSPS) is 9.83. The molecule has 7 nitrogen and oxygen atoms in total. The number of nitrogens with zero attached hydrogens (tertiary/aromatic N) is 4. The fourth-order valence-corrected chi connectivity index (χ4v) is 1.28. The fourth-order valence-electron chi connectivity index (χ4n) is 1.28. The summed E-state index contributed by atoms with van der Waals surface area (Å²) in [5.41, 5.74) is 1.08. The van der Waals surface area contributed by atoms with Crippen molar-refractivity contribution < 1.29 is 4.79 Å². The largest absolute Gasteiger partial charge is 0.363 e. The van der Waals surface area contributed by atoms with Crippen molar-refractivity contribution in [3.8, 4) is 0 Å². The summed E-state index contributed by atoms with van der Waals surface area (Å²) < 4.78 is 0. The maximum Gasteiger partial charge on any atom is 0.271 e. The standard InChI is InChI=1S/C11H12N6O/c1-12-11(18)9-4-5-10(17-16-9)13-7-8-3-2-6-14-15-8/h2-6H,7H2,1H3,(H,12,18)(H,13,17). The van der Waals surface area contributed by atoms with E-state index in [9.17, 15) is 4.79 Å². The smallest absolute Gasteiger partial charge is 0.271 e. The highest BCUT2D eigenvalue weighted by atomic mass is 16.1. The second kappa shape index (κ2) is 5.67. The summed E-state index contributed by atoms with van der Waals surface area (Å²) in [5.74, 6) is 0.316. The highest BCUT2D eigenvalue weighted by molar-refractivity contribution is 5.91. The number of aromatic nitrogens is 4. The number of carbonyl (C=O) groups is 1. The summed E-state index contributed by atoms with van der Waals surface area (Å²) in [5, 5.41) is 20.9. The predicted octanol–water partition coefficient (Wildman–Crippen LogP) is 0.238. The molecule has 0 aliphatic carbocycles. The van der Waals surface area contributed by atoms with E-state index in [2.05, 4.69) is 31.0 Å². The molecular weight excluding hydrogens is 232 g/mol. The highest BCUT2D eigenvalue weighted by Gasteiger charge is 2.05. The van der Waals surface area contributed by atoms with Crippen molar-refractivity contribution in [3.05, 3.63) is 41.9 Å². The zero-order valence-corrected chi connectivity index (χ0v) is 9.79. The van der Waals surface area contributed by atoms with Gasteiger partial charge in [-0.1, -0.05) is 0 Å². The van der Waals surface area contributed by atoms with Gasteiger partial charge < -0.3 is 10.6 Å². The summed E-state index contributed by atoms with van der Waals surface area (Å²) in [6, 6.07) is 6.95. The first kappa shape index (κ1) is 11.9. The van der Waals surface area contributed by atoms with Crippen molar-refractivity contribution in [2.24, 2.45) is 0 Å². The lowest BCUT2D eigenvalue weighted by atomic mass is 10.3. The lowest BCUT2D eigenvalue weighted by molar-refractivity contribution is 0.0957. The summed E-state index contributed by atoms with van der Waals surface area (Å²) in [7, 11) is 1.55. The molecular formula is C11H12N6O. The molecule has 0 bridgehead atoms. The lowest BCUT2D eigenvalue weighted by Crippen LogP contribution is -2.19. The van der Waals surface area contributed by atoms with Crippen LogP contribution in [0.3, 0.4) is 0 Å². The van der Waals surface area contributed by atoms with Crippen molar-refractivity contribution in [1.82, 2.24) is 25.7 Å². The molecule has 7 heteroatoms. The van der Waals surface area contributed by atoms with Crippen LogP contribution in [0.4, 0.5) is 5.82 Å². The Morgan fingerprint density at radius 1 is 1.22 bits per heavy atom. The molecule has 2 aromatic rings. The highest BCUT2D eigenvalue weighted by Crippen LogP contribution is 2.03. The summed E-state index contributed by atoms with van der Waals surface area (Å²) in [6.07, 6.45) is 1.61. The van der Waals surface area contributed by atoms with Gasteiger partial charge >= 0.3 is 0 Å². The monoisotopic (exact) mass is 244 g/mol. The number of hydrogen-bond acceptors (Lipinski definition) is 6. The summed E-state index contributed by atoms with van der Waals surface area (Å²) >= 11 is 0. The Labute approximate surface area is 104 Å². The molecule has 92 valence electrons. The minimum Gasteiger partial charge on any atom is -0.363 e. The Hall–Kier alpha value is -2.57. The number of anilines is 1. The zero-order valence-electron chi connectivity index (χ0n) is 9.79. The van der Waals surface area contributed by atoms with E-state index >= 15 is 0 Å². The van der Waals surface area contributed by atoms with Crippen molar-refractivity contribution in [2.45, 2.75) is 6.54 Å². The molecule has 0 aromatic carbocycles. The maximum atomic E-state index is 11.3. The Balaban J connectivity index is 1.97. The molecule has 0 saturated heterocycles. The molecule has 0 unspecified atom stereocenters. The average molecular weight is 244 g/mol. The lowest BCUT2D eigenvalue weighted by Gasteiger charge is -2.04. The van der Waals surface area contributed by atoms with Crippen molar-refractivity contribution >= 4 is 11.7 Å². The molecule has 0 aliphatic heterocycles. The minimum absolute atomic E-state index is 0.261. The van der Waals surface area contributed by atoms with Gasteiger partial charge in [0.15, 0.2) is 5.69 Å².